The van der Waals surface area contributed by atoms with Crippen LogP contribution in [-0.4, -0.2) is 17.6 Å². The third kappa shape index (κ3) is 2.18. The van der Waals surface area contributed by atoms with Gasteiger partial charge in [-0.15, -0.1) is 0 Å². The first kappa shape index (κ1) is 11.7. The molecule has 2 aromatic rings. The van der Waals surface area contributed by atoms with Crippen LogP contribution >= 0.6 is 0 Å². The summed E-state index contributed by atoms with van der Waals surface area (Å²) in [7, 11) is 1.42. The number of benzene rings is 1. The molecule has 0 unspecified atom stereocenters. The molecule has 1 aromatic heterocycles. The summed E-state index contributed by atoms with van der Waals surface area (Å²) in [4.78, 5) is 11.7. The van der Waals surface area contributed by atoms with E-state index in [1.54, 1.807) is 0 Å². The van der Waals surface area contributed by atoms with E-state index in [4.69, 9.17) is 4.74 Å². The molecule has 0 aliphatic rings. The fourth-order valence-electron chi connectivity index (χ4n) is 2.03. The maximum Gasteiger partial charge on any atom is 0.340 e. The number of carbonyl (C=O) groups is 1. The Kier molecular flexibility index (Phi) is 3.47. The molecule has 0 spiro atoms. The van der Waals surface area contributed by atoms with Crippen LogP contribution in [-0.2, 0) is 11.3 Å². The molecule has 0 radical (unpaired) electrons. The standard InChI is InChI=1S/C14H17NO2/c1-3-4-9-15-10-12(14(16)17-2)11-7-5-6-8-13(11)15/h5-8,10H,3-4,9H2,1-2H3. The van der Waals surface area contributed by atoms with Crippen molar-refractivity contribution in [1.29, 1.82) is 0 Å². The van der Waals surface area contributed by atoms with Gasteiger partial charge in [0.1, 0.15) is 0 Å². The first-order chi connectivity index (χ1) is 8.27. The molecule has 3 nitrogen and oxygen atoms in total. The molecule has 2 rings (SSSR count). The Labute approximate surface area is 101 Å². The lowest BCUT2D eigenvalue weighted by Crippen LogP contribution is -2.00. The third-order valence-electron chi connectivity index (χ3n) is 2.95. The van der Waals surface area contributed by atoms with Gasteiger partial charge in [-0.05, 0) is 12.5 Å². The molecule has 0 saturated heterocycles. The Morgan fingerprint density at radius 2 is 2.12 bits per heavy atom. The van der Waals surface area contributed by atoms with Crippen LogP contribution in [0.15, 0.2) is 30.5 Å². The van der Waals surface area contributed by atoms with E-state index in [1.165, 1.54) is 7.11 Å². The quantitative estimate of drug-likeness (QED) is 0.756. The number of para-hydroxylation sites is 1. The number of esters is 1. The highest BCUT2D eigenvalue weighted by Crippen LogP contribution is 2.22. The van der Waals surface area contributed by atoms with Gasteiger partial charge in [0, 0.05) is 23.6 Å². The number of rotatable bonds is 4. The number of hydrogen-bond acceptors (Lipinski definition) is 2. The molecule has 0 aliphatic carbocycles. The number of aromatic nitrogens is 1. The van der Waals surface area contributed by atoms with Crippen molar-refractivity contribution < 1.29 is 9.53 Å². The molecule has 90 valence electrons. The average molecular weight is 231 g/mol. The topological polar surface area (TPSA) is 31.2 Å². The van der Waals surface area contributed by atoms with E-state index in [1.807, 2.05) is 30.5 Å². The maximum atomic E-state index is 11.7. The molecule has 0 fully saturated rings. The van der Waals surface area contributed by atoms with Gasteiger partial charge in [0.2, 0.25) is 0 Å². The average Bonchev–Trinajstić information content (AvgIpc) is 2.74. The number of carbonyl (C=O) groups excluding carboxylic acids is 1. The Bertz CT molecular complexity index is 528. The fourth-order valence-corrected chi connectivity index (χ4v) is 2.03. The summed E-state index contributed by atoms with van der Waals surface area (Å²) in [5.41, 5.74) is 1.75. The van der Waals surface area contributed by atoms with E-state index in [-0.39, 0.29) is 5.97 Å². The number of hydrogen-bond donors (Lipinski definition) is 0. The predicted octanol–water partition coefficient (Wildman–Crippen LogP) is 3.23. The smallest absolute Gasteiger partial charge is 0.340 e. The number of aryl methyl sites for hydroxylation is 1. The van der Waals surface area contributed by atoms with Gasteiger partial charge in [-0.1, -0.05) is 31.5 Å². The Morgan fingerprint density at radius 3 is 2.82 bits per heavy atom. The van der Waals surface area contributed by atoms with Crippen molar-refractivity contribution in [1.82, 2.24) is 4.57 Å². The normalized spacial score (nSPS) is 10.7. The Balaban J connectivity index is 2.50. The Morgan fingerprint density at radius 1 is 1.35 bits per heavy atom. The second-order valence-corrected chi connectivity index (χ2v) is 4.10. The zero-order valence-corrected chi connectivity index (χ0v) is 10.3. The molecule has 0 amide bonds. The van der Waals surface area contributed by atoms with Gasteiger partial charge in [-0.3, -0.25) is 0 Å². The highest BCUT2D eigenvalue weighted by molar-refractivity contribution is 6.04. The molecule has 17 heavy (non-hydrogen) atoms. The first-order valence-corrected chi connectivity index (χ1v) is 5.94. The van der Waals surface area contributed by atoms with Crippen LogP contribution in [0.4, 0.5) is 0 Å². The minimum absolute atomic E-state index is 0.267. The minimum atomic E-state index is -0.267. The number of methoxy groups -OCH3 is 1. The second-order valence-electron chi connectivity index (χ2n) is 4.10. The van der Waals surface area contributed by atoms with Gasteiger partial charge < -0.3 is 9.30 Å². The summed E-state index contributed by atoms with van der Waals surface area (Å²) in [5.74, 6) is -0.267. The van der Waals surface area contributed by atoms with Crippen LogP contribution < -0.4 is 0 Å². The molecule has 0 N–H and O–H groups in total. The molecule has 0 atom stereocenters. The van der Waals surface area contributed by atoms with Crippen molar-refractivity contribution in [2.75, 3.05) is 7.11 Å². The molecular weight excluding hydrogens is 214 g/mol. The van der Waals surface area contributed by atoms with Crippen LogP contribution in [0.2, 0.25) is 0 Å². The van der Waals surface area contributed by atoms with Crippen molar-refractivity contribution in [3.8, 4) is 0 Å². The van der Waals surface area contributed by atoms with Gasteiger partial charge in [0.15, 0.2) is 0 Å². The summed E-state index contributed by atoms with van der Waals surface area (Å²) in [6.07, 6.45) is 4.14. The first-order valence-electron chi connectivity index (χ1n) is 5.94. The Hall–Kier alpha value is -1.77. The zero-order valence-electron chi connectivity index (χ0n) is 10.3. The van der Waals surface area contributed by atoms with Crippen molar-refractivity contribution in [3.05, 3.63) is 36.0 Å². The molecule has 1 heterocycles. The van der Waals surface area contributed by atoms with Gasteiger partial charge in [-0.25, -0.2) is 4.79 Å². The molecule has 0 aliphatic heterocycles. The summed E-state index contributed by atoms with van der Waals surface area (Å²) >= 11 is 0. The monoisotopic (exact) mass is 231 g/mol. The van der Waals surface area contributed by atoms with E-state index >= 15 is 0 Å². The molecule has 1 aromatic carbocycles. The van der Waals surface area contributed by atoms with Gasteiger partial charge in [0.05, 0.1) is 12.7 Å². The van der Waals surface area contributed by atoms with Crippen LogP contribution in [0.3, 0.4) is 0 Å². The largest absolute Gasteiger partial charge is 0.465 e. The second kappa shape index (κ2) is 5.04. The molecule has 3 heteroatoms. The predicted molar refractivity (Wildman–Crippen MR) is 68.2 cm³/mol. The maximum absolute atomic E-state index is 11.7. The van der Waals surface area contributed by atoms with E-state index in [2.05, 4.69) is 11.5 Å². The minimum Gasteiger partial charge on any atom is -0.465 e. The number of unbranched alkanes of at least 4 members (excludes halogenated alkanes) is 1. The summed E-state index contributed by atoms with van der Waals surface area (Å²) < 4.78 is 6.94. The molecule has 0 saturated carbocycles. The van der Waals surface area contributed by atoms with Gasteiger partial charge in [0.25, 0.3) is 0 Å². The summed E-state index contributed by atoms with van der Waals surface area (Å²) in [5, 5.41) is 0.968. The fraction of sp³-hybridized carbons (Fsp3) is 0.357. The SMILES string of the molecule is CCCCn1cc(C(=O)OC)c2ccccc21. The molecule has 0 bridgehead atoms. The van der Waals surface area contributed by atoms with E-state index in [0.717, 1.165) is 30.3 Å². The summed E-state index contributed by atoms with van der Waals surface area (Å²) in [6, 6.07) is 7.94. The van der Waals surface area contributed by atoms with Crippen molar-refractivity contribution >= 4 is 16.9 Å². The lowest BCUT2D eigenvalue weighted by Gasteiger charge is -2.02. The third-order valence-corrected chi connectivity index (χ3v) is 2.95. The van der Waals surface area contributed by atoms with Gasteiger partial charge >= 0.3 is 5.97 Å². The van der Waals surface area contributed by atoms with Crippen LogP contribution in [0.1, 0.15) is 30.1 Å². The lowest BCUT2D eigenvalue weighted by molar-refractivity contribution is 0.0602. The van der Waals surface area contributed by atoms with E-state index in [9.17, 15) is 4.79 Å². The van der Waals surface area contributed by atoms with Crippen molar-refractivity contribution in [2.24, 2.45) is 0 Å². The number of nitrogens with zero attached hydrogens (tertiary/aromatic N) is 1. The van der Waals surface area contributed by atoms with Crippen molar-refractivity contribution in [3.63, 3.8) is 0 Å². The molecular formula is C14H17NO2. The van der Waals surface area contributed by atoms with Crippen molar-refractivity contribution in [2.45, 2.75) is 26.3 Å². The van der Waals surface area contributed by atoms with Gasteiger partial charge in [-0.2, -0.15) is 0 Å². The number of ether oxygens (including phenoxy) is 1. The highest BCUT2D eigenvalue weighted by Gasteiger charge is 2.14. The van der Waals surface area contributed by atoms with Crippen LogP contribution in [0.25, 0.3) is 10.9 Å². The van der Waals surface area contributed by atoms with E-state index < -0.39 is 0 Å². The lowest BCUT2D eigenvalue weighted by atomic mass is 10.2. The van der Waals surface area contributed by atoms with Crippen LogP contribution in [0, 0.1) is 0 Å². The summed E-state index contributed by atoms with van der Waals surface area (Å²) in [6.45, 7) is 3.10. The highest BCUT2D eigenvalue weighted by atomic mass is 16.5. The van der Waals surface area contributed by atoms with E-state index in [0.29, 0.717) is 5.56 Å². The number of fused-ring (bicyclic) bond motifs is 1. The van der Waals surface area contributed by atoms with Crippen LogP contribution in [0.5, 0.6) is 0 Å². The zero-order chi connectivity index (χ0) is 12.3.